The van der Waals surface area contributed by atoms with Crippen LogP contribution in [0.3, 0.4) is 0 Å². The van der Waals surface area contributed by atoms with E-state index in [0.29, 0.717) is 24.7 Å². The summed E-state index contributed by atoms with van der Waals surface area (Å²) in [5.41, 5.74) is 5.83. The second-order valence-corrected chi connectivity index (χ2v) is 6.07. The molecular weight excluding hydrogens is 262 g/mol. The van der Waals surface area contributed by atoms with Crippen molar-refractivity contribution < 1.29 is 13.2 Å². The summed E-state index contributed by atoms with van der Waals surface area (Å²) in [5.74, 6) is 0.0266. The van der Waals surface area contributed by atoms with Gasteiger partial charge in [0.15, 0.2) is 9.84 Å². The number of benzene rings is 1. The van der Waals surface area contributed by atoms with Gasteiger partial charge in [-0.1, -0.05) is 11.6 Å². The number of hydrogen-bond acceptors (Lipinski definition) is 4. The van der Waals surface area contributed by atoms with E-state index in [0.717, 1.165) is 0 Å². The summed E-state index contributed by atoms with van der Waals surface area (Å²) in [4.78, 5) is 0.137. The molecule has 0 heterocycles. The molecule has 0 saturated heterocycles. The van der Waals surface area contributed by atoms with Crippen molar-refractivity contribution in [3.8, 4) is 0 Å². The summed E-state index contributed by atoms with van der Waals surface area (Å²) in [6, 6.07) is 4.40. The first-order chi connectivity index (χ1) is 7.97. The molecule has 0 amide bonds. The average Bonchev–Trinajstić information content (AvgIpc) is 2.24. The van der Waals surface area contributed by atoms with Gasteiger partial charge in [-0.2, -0.15) is 0 Å². The first kappa shape index (κ1) is 14.3. The van der Waals surface area contributed by atoms with Crippen molar-refractivity contribution in [1.82, 2.24) is 0 Å². The monoisotopic (exact) mass is 277 g/mol. The zero-order valence-corrected chi connectivity index (χ0v) is 11.2. The van der Waals surface area contributed by atoms with E-state index in [9.17, 15) is 8.42 Å². The molecular formula is C11H16ClNO3S. The Morgan fingerprint density at radius 2 is 2.12 bits per heavy atom. The lowest BCUT2D eigenvalue weighted by atomic mass is 10.3. The predicted molar refractivity (Wildman–Crippen MR) is 69.0 cm³/mol. The van der Waals surface area contributed by atoms with Gasteiger partial charge in [0.25, 0.3) is 0 Å². The third-order valence-corrected chi connectivity index (χ3v) is 4.32. The minimum absolute atomic E-state index is 0.0266. The number of sulfone groups is 1. The third-order valence-electron chi connectivity index (χ3n) is 2.21. The van der Waals surface area contributed by atoms with Crippen molar-refractivity contribution in [3.05, 3.63) is 23.2 Å². The highest BCUT2D eigenvalue weighted by Gasteiger charge is 2.17. The second-order valence-electron chi connectivity index (χ2n) is 3.55. The van der Waals surface area contributed by atoms with E-state index in [2.05, 4.69) is 0 Å². The van der Waals surface area contributed by atoms with E-state index in [4.69, 9.17) is 22.1 Å². The molecule has 0 bridgehead atoms. The Morgan fingerprint density at radius 3 is 2.71 bits per heavy atom. The van der Waals surface area contributed by atoms with Crippen molar-refractivity contribution in [2.75, 3.05) is 24.7 Å². The zero-order chi connectivity index (χ0) is 12.9. The molecule has 1 aromatic rings. The molecule has 1 rings (SSSR count). The van der Waals surface area contributed by atoms with Crippen LogP contribution in [-0.4, -0.2) is 27.4 Å². The maximum atomic E-state index is 11.9. The molecule has 2 N–H and O–H groups in total. The van der Waals surface area contributed by atoms with Crippen LogP contribution in [0.2, 0.25) is 5.02 Å². The van der Waals surface area contributed by atoms with Gasteiger partial charge in [-0.3, -0.25) is 0 Å². The first-order valence-corrected chi connectivity index (χ1v) is 7.36. The van der Waals surface area contributed by atoms with Gasteiger partial charge in [0, 0.05) is 18.2 Å². The van der Waals surface area contributed by atoms with Crippen LogP contribution in [0.1, 0.15) is 13.3 Å². The van der Waals surface area contributed by atoms with Crippen LogP contribution in [-0.2, 0) is 14.6 Å². The molecule has 6 heteroatoms. The number of anilines is 1. The third kappa shape index (κ3) is 4.18. The van der Waals surface area contributed by atoms with Gasteiger partial charge in [-0.25, -0.2) is 8.42 Å². The van der Waals surface area contributed by atoms with Crippen LogP contribution < -0.4 is 5.73 Å². The van der Waals surface area contributed by atoms with Crippen LogP contribution in [0, 0.1) is 0 Å². The number of rotatable bonds is 6. The highest BCUT2D eigenvalue weighted by atomic mass is 35.5. The normalized spacial score (nSPS) is 11.6. The highest BCUT2D eigenvalue weighted by molar-refractivity contribution is 7.91. The van der Waals surface area contributed by atoms with Crippen LogP contribution in [0.4, 0.5) is 5.69 Å². The first-order valence-electron chi connectivity index (χ1n) is 5.33. The zero-order valence-electron chi connectivity index (χ0n) is 9.65. The SMILES string of the molecule is CCOCCCS(=O)(=O)c1ccc(Cl)cc1N. The molecule has 4 nitrogen and oxygen atoms in total. The Balaban J connectivity index is 2.76. The van der Waals surface area contributed by atoms with Gasteiger partial charge in [-0.15, -0.1) is 0 Å². The van der Waals surface area contributed by atoms with Crippen molar-refractivity contribution in [3.63, 3.8) is 0 Å². The minimum atomic E-state index is -3.35. The van der Waals surface area contributed by atoms with Crippen LogP contribution in [0.5, 0.6) is 0 Å². The number of nitrogen functional groups attached to an aromatic ring is 1. The largest absolute Gasteiger partial charge is 0.398 e. The molecule has 0 radical (unpaired) electrons. The van der Waals surface area contributed by atoms with E-state index in [1.165, 1.54) is 18.2 Å². The second kappa shape index (κ2) is 6.23. The van der Waals surface area contributed by atoms with E-state index >= 15 is 0 Å². The summed E-state index contributed by atoms with van der Waals surface area (Å²) in [7, 11) is -3.35. The summed E-state index contributed by atoms with van der Waals surface area (Å²) in [6.45, 7) is 2.89. The Bertz CT molecular complexity index is 474. The highest BCUT2D eigenvalue weighted by Crippen LogP contribution is 2.23. The number of nitrogens with two attached hydrogens (primary N) is 1. The lowest BCUT2D eigenvalue weighted by molar-refractivity contribution is 0.148. The summed E-state index contributed by atoms with van der Waals surface area (Å²) in [6.07, 6.45) is 0.457. The minimum Gasteiger partial charge on any atom is -0.398 e. The summed E-state index contributed by atoms with van der Waals surface area (Å²) >= 11 is 5.72. The van der Waals surface area contributed by atoms with Crippen molar-refractivity contribution in [2.24, 2.45) is 0 Å². The number of hydrogen-bond donors (Lipinski definition) is 1. The van der Waals surface area contributed by atoms with Gasteiger partial charge in [0.1, 0.15) is 0 Å². The fourth-order valence-corrected chi connectivity index (χ4v) is 3.00. The number of ether oxygens (including phenoxy) is 1. The van der Waals surface area contributed by atoms with Crippen LogP contribution in [0.15, 0.2) is 23.1 Å². The van der Waals surface area contributed by atoms with Crippen LogP contribution in [0.25, 0.3) is 0 Å². The van der Waals surface area contributed by atoms with Gasteiger partial charge in [0.2, 0.25) is 0 Å². The fraction of sp³-hybridized carbons (Fsp3) is 0.455. The molecule has 96 valence electrons. The predicted octanol–water partition coefficient (Wildman–Crippen LogP) is 2.12. The Hall–Kier alpha value is -0.780. The average molecular weight is 278 g/mol. The van der Waals surface area contributed by atoms with Crippen molar-refractivity contribution in [2.45, 2.75) is 18.2 Å². The molecule has 0 spiro atoms. The molecule has 0 aromatic heterocycles. The number of halogens is 1. The maximum Gasteiger partial charge on any atom is 0.180 e. The molecule has 0 saturated carbocycles. The Morgan fingerprint density at radius 1 is 1.41 bits per heavy atom. The molecule has 0 aliphatic carbocycles. The maximum absolute atomic E-state index is 11.9. The molecule has 1 aromatic carbocycles. The molecule has 0 aliphatic heterocycles. The molecule has 0 fully saturated rings. The van der Waals surface area contributed by atoms with Gasteiger partial charge >= 0.3 is 0 Å². The topological polar surface area (TPSA) is 69.4 Å². The smallest absolute Gasteiger partial charge is 0.180 e. The van der Waals surface area contributed by atoms with Crippen LogP contribution >= 0.6 is 11.6 Å². The van der Waals surface area contributed by atoms with Gasteiger partial charge in [0.05, 0.1) is 16.3 Å². The molecule has 0 unspecified atom stereocenters. The van der Waals surface area contributed by atoms with Gasteiger partial charge in [-0.05, 0) is 31.5 Å². The standard InChI is InChI=1S/C11H16ClNO3S/c1-2-16-6-3-7-17(14,15)11-5-4-9(12)8-10(11)13/h4-5,8H,2-3,6-7,13H2,1H3. The van der Waals surface area contributed by atoms with E-state index in [-0.39, 0.29) is 16.3 Å². The van der Waals surface area contributed by atoms with E-state index in [1.54, 1.807) is 0 Å². The summed E-state index contributed by atoms with van der Waals surface area (Å²) in [5, 5.41) is 0.427. The quantitative estimate of drug-likeness (QED) is 0.639. The lowest BCUT2D eigenvalue weighted by Crippen LogP contribution is -2.11. The lowest BCUT2D eigenvalue weighted by Gasteiger charge is -2.07. The molecule has 0 atom stereocenters. The van der Waals surface area contributed by atoms with Gasteiger partial charge < -0.3 is 10.5 Å². The molecule has 0 aliphatic rings. The Kier molecular flexibility index (Phi) is 5.24. The van der Waals surface area contributed by atoms with Crippen molar-refractivity contribution >= 4 is 27.1 Å². The summed E-state index contributed by atoms with van der Waals surface area (Å²) < 4.78 is 29.0. The van der Waals surface area contributed by atoms with E-state index in [1.807, 2.05) is 6.92 Å². The van der Waals surface area contributed by atoms with Crippen molar-refractivity contribution in [1.29, 1.82) is 0 Å². The fourth-order valence-electron chi connectivity index (χ4n) is 1.41. The van der Waals surface area contributed by atoms with E-state index < -0.39 is 9.84 Å². The molecule has 17 heavy (non-hydrogen) atoms. The Labute approximate surface area is 107 Å².